The number of rotatable bonds is 4. The van der Waals surface area contributed by atoms with E-state index in [0.717, 1.165) is 10.8 Å². The van der Waals surface area contributed by atoms with Gasteiger partial charge in [0, 0.05) is 17.7 Å². The van der Waals surface area contributed by atoms with Gasteiger partial charge in [0.05, 0.1) is 10.6 Å². The summed E-state index contributed by atoms with van der Waals surface area (Å²) in [5.74, 6) is -0.307. The van der Waals surface area contributed by atoms with E-state index < -0.39 is 4.92 Å². The van der Waals surface area contributed by atoms with Crippen molar-refractivity contribution in [3.05, 3.63) is 88.0 Å². The number of benzene rings is 3. The first-order valence-corrected chi connectivity index (χ1v) is 7.63. The van der Waals surface area contributed by atoms with Gasteiger partial charge in [-0.2, -0.15) is 5.10 Å². The number of hydrazone groups is 1. The van der Waals surface area contributed by atoms with E-state index in [4.69, 9.17) is 0 Å². The number of hydrogen-bond acceptors (Lipinski definition) is 4. The topological polar surface area (TPSA) is 84.6 Å². The van der Waals surface area contributed by atoms with Gasteiger partial charge in [-0.3, -0.25) is 14.9 Å². The zero-order valence-corrected chi connectivity index (χ0v) is 13.5. The summed E-state index contributed by atoms with van der Waals surface area (Å²) in [7, 11) is 0. The third-order valence-electron chi connectivity index (χ3n) is 3.86. The predicted molar refractivity (Wildman–Crippen MR) is 96.7 cm³/mol. The highest BCUT2D eigenvalue weighted by Crippen LogP contribution is 2.18. The maximum Gasteiger partial charge on any atom is 0.272 e. The first-order valence-electron chi connectivity index (χ1n) is 7.63. The minimum absolute atomic E-state index is 0.0105. The Bertz CT molecular complexity index is 973. The summed E-state index contributed by atoms with van der Waals surface area (Å²) in [6, 6.07) is 19.1. The number of carbonyl (C=O) groups is 1. The van der Waals surface area contributed by atoms with Crippen molar-refractivity contribution in [1.82, 2.24) is 5.43 Å². The van der Waals surface area contributed by atoms with Crippen molar-refractivity contribution in [1.29, 1.82) is 0 Å². The lowest BCUT2D eigenvalue weighted by Crippen LogP contribution is -2.19. The number of nitro groups is 1. The van der Waals surface area contributed by atoms with E-state index in [0.29, 0.717) is 16.8 Å². The molecule has 6 heteroatoms. The predicted octanol–water partition coefficient (Wildman–Crippen LogP) is 3.90. The number of non-ortho nitro benzene ring substituents is 1. The summed E-state index contributed by atoms with van der Waals surface area (Å²) in [6.07, 6.45) is 0. The van der Waals surface area contributed by atoms with E-state index in [1.165, 1.54) is 12.1 Å². The van der Waals surface area contributed by atoms with Crippen molar-refractivity contribution in [3.63, 3.8) is 0 Å². The second kappa shape index (κ2) is 6.92. The first-order chi connectivity index (χ1) is 12.1. The quantitative estimate of drug-likeness (QED) is 0.446. The summed E-state index contributed by atoms with van der Waals surface area (Å²) >= 11 is 0. The minimum atomic E-state index is -0.460. The molecule has 3 aromatic rings. The summed E-state index contributed by atoms with van der Waals surface area (Å²) in [4.78, 5) is 22.6. The van der Waals surface area contributed by atoms with Crippen LogP contribution in [0.25, 0.3) is 10.8 Å². The van der Waals surface area contributed by atoms with E-state index in [9.17, 15) is 14.9 Å². The normalized spacial score (nSPS) is 11.3. The zero-order chi connectivity index (χ0) is 17.8. The lowest BCUT2D eigenvalue weighted by molar-refractivity contribution is -0.384. The maximum absolute atomic E-state index is 12.4. The number of nitro benzene ring substituents is 1. The SMILES string of the molecule is C/C(=N\NC(=O)c1cccc2ccccc12)c1ccc([N+](=O)[O-])cc1. The molecule has 0 fully saturated rings. The van der Waals surface area contributed by atoms with Gasteiger partial charge in [0.25, 0.3) is 11.6 Å². The first kappa shape index (κ1) is 16.3. The lowest BCUT2D eigenvalue weighted by Gasteiger charge is -2.06. The maximum atomic E-state index is 12.4. The summed E-state index contributed by atoms with van der Waals surface area (Å²) in [6.45, 7) is 1.73. The Morgan fingerprint density at radius 1 is 1.00 bits per heavy atom. The second-order valence-electron chi connectivity index (χ2n) is 5.47. The number of nitrogens with zero attached hydrogens (tertiary/aromatic N) is 2. The monoisotopic (exact) mass is 333 g/mol. The molecule has 25 heavy (non-hydrogen) atoms. The molecule has 1 N–H and O–H groups in total. The van der Waals surface area contributed by atoms with Crippen molar-refractivity contribution in [3.8, 4) is 0 Å². The van der Waals surface area contributed by atoms with Gasteiger partial charge in [-0.1, -0.05) is 36.4 Å². The molecule has 3 rings (SSSR count). The number of amides is 1. The van der Waals surface area contributed by atoms with E-state index >= 15 is 0 Å². The van der Waals surface area contributed by atoms with Gasteiger partial charge in [0.15, 0.2) is 0 Å². The Morgan fingerprint density at radius 3 is 2.40 bits per heavy atom. The number of nitrogens with one attached hydrogen (secondary N) is 1. The number of fused-ring (bicyclic) bond motifs is 1. The van der Waals surface area contributed by atoms with Crippen LogP contribution in [0.1, 0.15) is 22.8 Å². The molecule has 1 amide bonds. The van der Waals surface area contributed by atoms with E-state index in [-0.39, 0.29) is 11.6 Å². The Hall–Kier alpha value is -3.54. The average molecular weight is 333 g/mol. The Balaban J connectivity index is 1.80. The van der Waals surface area contributed by atoms with E-state index in [1.807, 2.05) is 36.4 Å². The van der Waals surface area contributed by atoms with E-state index in [2.05, 4.69) is 10.5 Å². The molecule has 0 aliphatic carbocycles. The fourth-order valence-corrected chi connectivity index (χ4v) is 2.51. The number of hydrogen-bond donors (Lipinski definition) is 1. The highest BCUT2D eigenvalue weighted by Gasteiger charge is 2.10. The average Bonchev–Trinajstić information content (AvgIpc) is 2.65. The Labute approximate surface area is 143 Å². The summed E-state index contributed by atoms with van der Waals surface area (Å²) in [5, 5.41) is 16.6. The molecular formula is C19H15N3O3. The van der Waals surface area contributed by atoms with Gasteiger partial charge in [-0.25, -0.2) is 5.43 Å². The Morgan fingerprint density at radius 2 is 1.68 bits per heavy atom. The van der Waals surface area contributed by atoms with Crippen LogP contribution < -0.4 is 5.43 Å². The van der Waals surface area contributed by atoms with Gasteiger partial charge >= 0.3 is 0 Å². The zero-order valence-electron chi connectivity index (χ0n) is 13.5. The highest BCUT2D eigenvalue weighted by atomic mass is 16.6. The van der Waals surface area contributed by atoms with Crippen LogP contribution in [0.15, 0.2) is 71.8 Å². The summed E-state index contributed by atoms with van der Waals surface area (Å²) in [5.41, 5.74) is 4.35. The Kier molecular flexibility index (Phi) is 4.52. The molecule has 0 atom stereocenters. The third kappa shape index (κ3) is 3.53. The van der Waals surface area contributed by atoms with Crippen LogP contribution >= 0.6 is 0 Å². The van der Waals surface area contributed by atoms with Crippen molar-refractivity contribution in [2.24, 2.45) is 5.10 Å². The van der Waals surface area contributed by atoms with Crippen molar-refractivity contribution >= 4 is 28.1 Å². The third-order valence-corrected chi connectivity index (χ3v) is 3.86. The summed E-state index contributed by atoms with van der Waals surface area (Å²) < 4.78 is 0. The van der Waals surface area contributed by atoms with E-state index in [1.54, 1.807) is 25.1 Å². The molecule has 0 aliphatic heterocycles. The molecule has 0 bridgehead atoms. The molecule has 0 aromatic heterocycles. The van der Waals surface area contributed by atoms with Crippen molar-refractivity contribution in [2.75, 3.05) is 0 Å². The molecule has 124 valence electrons. The van der Waals surface area contributed by atoms with Gasteiger partial charge < -0.3 is 0 Å². The molecule has 0 radical (unpaired) electrons. The molecule has 0 aliphatic rings. The van der Waals surface area contributed by atoms with Crippen LogP contribution in [0.3, 0.4) is 0 Å². The molecule has 6 nitrogen and oxygen atoms in total. The molecule has 3 aromatic carbocycles. The molecule has 0 heterocycles. The molecule has 0 saturated carbocycles. The van der Waals surface area contributed by atoms with Crippen LogP contribution in [-0.2, 0) is 0 Å². The molecule has 0 spiro atoms. The second-order valence-corrected chi connectivity index (χ2v) is 5.47. The van der Waals surface area contributed by atoms with Crippen LogP contribution in [0.5, 0.6) is 0 Å². The fourth-order valence-electron chi connectivity index (χ4n) is 2.51. The highest BCUT2D eigenvalue weighted by molar-refractivity contribution is 6.07. The lowest BCUT2D eigenvalue weighted by atomic mass is 10.0. The van der Waals surface area contributed by atoms with Crippen LogP contribution in [0.4, 0.5) is 5.69 Å². The number of carbonyl (C=O) groups excluding carboxylic acids is 1. The van der Waals surface area contributed by atoms with Gasteiger partial charge in [0.1, 0.15) is 0 Å². The van der Waals surface area contributed by atoms with Crippen LogP contribution in [-0.4, -0.2) is 16.5 Å². The van der Waals surface area contributed by atoms with Crippen molar-refractivity contribution < 1.29 is 9.72 Å². The largest absolute Gasteiger partial charge is 0.272 e. The van der Waals surface area contributed by atoms with Gasteiger partial charge in [-0.15, -0.1) is 0 Å². The van der Waals surface area contributed by atoms with Crippen molar-refractivity contribution in [2.45, 2.75) is 6.92 Å². The smallest absolute Gasteiger partial charge is 0.267 e. The van der Waals surface area contributed by atoms with Gasteiger partial charge in [-0.05, 0) is 41.5 Å². The molecule has 0 saturated heterocycles. The van der Waals surface area contributed by atoms with Gasteiger partial charge in [0.2, 0.25) is 0 Å². The van der Waals surface area contributed by atoms with Crippen LogP contribution in [0, 0.1) is 10.1 Å². The van der Waals surface area contributed by atoms with Crippen LogP contribution in [0.2, 0.25) is 0 Å². The standard InChI is InChI=1S/C19H15N3O3/c1-13(14-9-11-16(12-10-14)22(24)25)20-21-19(23)18-8-4-6-15-5-2-3-7-17(15)18/h2-12H,1H3,(H,21,23)/b20-13+. The minimum Gasteiger partial charge on any atom is -0.267 e. The fraction of sp³-hybridized carbons (Fsp3) is 0.0526. The molecule has 0 unspecified atom stereocenters. The molecular weight excluding hydrogens is 318 g/mol.